The molecule has 1 saturated heterocycles. The number of amides is 1. The van der Waals surface area contributed by atoms with Crippen molar-refractivity contribution in [2.45, 2.75) is 51.9 Å². The van der Waals surface area contributed by atoms with Crippen LogP contribution < -0.4 is 10.1 Å². The van der Waals surface area contributed by atoms with Gasteiger partial charge in [-0.1, -0.05) is 42.8 Å². The Hall–Kier alpha value is -3.56. The van der Waals surface area contributed by atoms with Gasteiger partial charge in [0.05, 0.1) is 5.56 Å². The number of hydrogen-bond acceptors (Lipinski definition) is 5. The fourth-order valence-electron chi connectivity index (χ4n) is 4.07. The number of furan rings is 1. The molecule has 1 aromatic heterocycles. The van der Waals surface area contributed by atoms with Crippen LogP contribution in [-0.4, -0.2) is 23.4 Å². The van der Waals surface area contributed by atoms with Crippen molar-refractivity contribution >= 4 is 5.91 Å². The van der Waals surface area contributed by atoms with Gasteiger partial charge in [0.2, 0.25) is 0 Å². The van der Waals surface area contributed by atoms with Crippen molar-refractivity contribution in [2.75, 3.05) is 6.54 Å². The Morgan fingerprint density at radius 2 is 1.91 bits per heavy atom. The first-order valence-electron chi connectivity index (χ1n) is 11.4. The molecule has 3 aromatic rings. The van der Waals surface area contributed by atoms with Gasteiger partial charge in [-0.25, -0.2) is 0 Å². The summed E-state index contributed by atoms with van der Waals surface area (Å²) in [6.45, 7) is 5.02. The smallest absolute Gasteiger partial charge is 0.287 e. The molecule has 4 rings (SSSR count). The normalized spacial score (nSPS) is 16.2. The van der Waals surface area contributed by atoms with Gasteiger partial charge in [-0.15, -0.1) is 0 Å². The van der Waals surface area contributed by atoms with E-state index in [2.05, 4.69) is 47.5 Å². The molecule has 1 atom stereocenters. The van der Waals surface area contributed by atoms with Crippen molar-refractivity contribution in [1.29, 1.82) is 5.26 Å². The topological polar surface area (TPSA) is 78.5 Å². The SMILES string of the molecule is CC1CCCCN1Cc1ccc(CNC(=O)c2ccc(COc3ccccc3C#N)o2)cc1. The van der Waals surface area contributed by atoms with Gasteiger partial charge in [0.25, 0.3) is 5.91 Å². The molecule has 1 unspecified atom stereocenters. The predicted octanol–water partition coefficient (Wildman–Crippen LogP) is 5.03. The van der Waals surface area contributed by atoms with Crippen LogP contribution in [-0.2, 0) is 19.7 Å². The minimum atomic E-state index is -0.273. The van der Waals surface area contributed by atoms with Gasteiger partial charge in [0.15, 0.2) is 5.76 Å². The van der Waals surface area contributed by atoms with Crippen molar-refractivity contribution in [1.82, 2.24) is 10.2 Å². The van der Waals surface area contributed by atoms with E-state index in [1.807, 2.05) is 0 Å². The van der Waals surface area contributed by atoms with E-state index in [1.165, 1.54) is 31.4 Å². The molecule has 1 amide bonds. The average Bonchev–Trinajstić information content (AvgIpc) is 3.33. The number of para-hydroxylation sites is 1. The van der Waals surface area contributed by atoms with Gasteiger partial charge < -0.3 is 14.5 Å². The molecule has 0 spiro atoms. The molecule has 2 aromatic carbocycles. The maximum absolute atomic E-state index is 12.5. The number of carbonyl (C=O) groups is 1. The lowest BCUT2D eigenvalue weighted by Gasteiger charge is -2.33. The molecule has 1 fully saturated rings. The number of nitriles is 1. The molecular weight excluding hydrogens is 414 g/mol. The van der Waals surface area contributed by atoms with Crippen molar-refractivity contribution in [2.24, 2.45) is 0 Å². The van der Waals surface area contributed by atoms with E-state index >= 15 is 0 Å². The summed E-state index contributed by atoms with van der Waals surface area (Å²) in [5, 5.41) is 12.0. The summed E-state index contributed by atoms with van der Waals surface area (Å²) in [6, 6.07) is 21.5. The monoisotopic (exact) mass is 443 g/mol. The number of hydrogen-bond donors (Lipinski definition) is 1. The third kappa shape index (κ3) is 6.03. The Kier molecular flexibility index (Phi) is 7.43. The van der Waals surface area contributed by atoms with Crippen LogP contribution in [0, 0.1) is 11.3 Å². The van der Waals surface area contributed by atoms with Crippen LogP contribution in [0.25, 0.3) is 0 Å². The van der Waals surface area contributed by atoms with E-state index in [1.54, 1.807) is 36.4 Å². The lowest BCUT2D eigenvalue weighted by atomic mass is 10.0. The van der Waals surface area contributed by atoms with E-state index in [0.29, 0.717) is 29.7 Å². The molecule has 0 bridgehead atoms. The zero-order chi connectivity index (χ0) is 23.0. The summed E-state index contributed by atoms with van der Waals surface area (Å²) in [6.07, 6.45) is 3.88. The Morgan fingerprint density at radius 3 is 2.70 bits per heavy atom. The van der Waals surface area contributed by atoms with Gasteiger partial charge in [-0.2, -0.15) is 5.26 Å². The van der Waals surface area contributed by atoms with Crippen LogP contribution in [0.4, 0.5) is 0 Å². The number of ether oxygens (including phenoxy) is 1. The van der Waals surface area contributed by atoms with E-state index in [4.69, 9.17) is 14.4 Å². The fourth-order valence-corrected chi connectivity index (χ4v) is 4.07. The zero-order valence-electron chi connectivity index (χ0n) is 18.9. The van der Waals surface area contributed by atoms with Crippen LogP contribution >= 0.6 is 0 Å². The van der Waals surface area contributed by atoms with E-state index < -0.39 is 0 Å². The van der Waals surface area contributed by atoms with Crippen LogP contribution in [0.1, 0.15) is 59.2 Å². The molecule has 0 aliphatic carbocycles. The molecule has 170 valence electrons. The summed E-state index contributed by atoms with van der Waals surface area (Å²) < 4.78 is 11.3. The highest BCUT2D eigenvalue weighted by atomic mass is 16.5. The standard InChI is InChI=1S/C27H29N3O3/c1-20-6-4-5-15-30(20)18-22-11-9-21(10-12-22)17-29-27(31)26-14-13-24(33-26)19-32-25-8-3-2-7-23(25)16-28/h2-3,7-14,20H,4-6,15,17-19H2,1H3,(H,29,31). The lowest BCUT2D eigenvalue weighted by Crippen LogP contribution is -2.36. The Balaban J connectivity index is 1.26. The second-order valence-electron chi connectivity index (χ2n) is 8.48. The van der Waals surface area contributed by atoms with Crippen molar-refractivity contribution < 1.29 is 13.9 Å². The van der Waals surface area contributed by atoms with Gasteiger partial charge >= 0.3 is 0 Å². The molecule has 1 aliphatic rings. The van der Waals surface area contributed by atoms with Crippen LogP contribution in [0.2, 0.25) is 0 Å². The number of piperidine rings is 1. The quantitative estimate of drug-likeness (QED) is 0.528. The molecular formula is C27H29N3O3. The molecule has 1 aliphatic heterocycles. The minimum Gasteiger partial charge on any atom is -0.484 e. The van der Waals surface area contributed by atoms with Crippen molar-refractivity contribution in [3.63, 3.8) is 0 Å². The highest BCUT2D eigenvalue weighted by Crippen LogP contribution is 2.20. The molecule has 6 heteroatoms. The third-order valence-corrected chi connectivity index (χ3v) is 6.07. The van der Waals surface area contributed by atoms with Gasteiger partial charge in [-0.05, 0) is 61.7 Å². The largest absolute Gasteiger partial charge is 0.484 e. The van der Waals surface area contributed by atoms with E-state index in [-0.39, 0.29) is 18.3 Å². The number of benzene rings is 2. The maximum atomic E-state index is 12.5. The summed E-state index contributed by atoms with van der Waals surface area (Å²) in [7, 11) is 0. The number of rotatable bonds is 8. The van der Waals surface area contributed by atoms with E-state index in [9.17, 15) is 4.79 Å². The third-order valence-electron chi connectivity index (χ3n) is 6.07. The zero-order valence-corrected chi connectivity index (χ0v) is 18.9. The Bertz CT molecular complexity index is 1110. The molecule has 2 heterocycles. The minimum absolute atomic E-state index is 0.142. The van der Waals surface area contributed by atoms with Crippen LogP contribution in [0.5, 0.6) is 5.75 Å². The van der Waals surface area contributed by atoms with Gasteiger partial charge in [0, 0.05) is 19.1 Å². The summed E-state index contributed by atoms with van der Waals surface area (Å²) in [5.74, 6) is 0.965. The molecule has 6 nitrogen and oxygen atoms in total. The second-order valence-corrected chi connectivity index (χ2v) is 8.48. The Morgan fingerprint density at radius 1 is 1.12 bits per heavy atom. The van der Waals surface area contributed by atoms with Crippen LogP contribution in [0.15, 0.2) is 65.1 Å². The van der Waals surface area contributed by atoms with Crippen molar-refractivity contribution in [3.8, 4) is 11.8 Å². The van der Waals surface area contributed by atoms with Crippen molar-refractivity contribution in [3.05, 3.63) is 88.9 Å². The lowest BCUT2D eigenvalue weighted by molar-refractivity contribution is 0.0919. The Labute approximate surface area is 194 Å². The number of likely N-dealkylation sites (tertiary alicyclic amines) is 1. The highest BCUT2D eigenvalue weighted by Gasteiger charge is 2.18. The highest BCUT2D eigenvalue weighted by molar-refractivity contribution is 5.91. The first kappa shape index (κ1) is 22.6. The fraction of sp³-hybridized carbons (Fsp3) is 0.333. The molecule has 0 saturated carbocycles. The molecule has 33 heavy (non-hydrogen) atoms. The van der Waals surface area contributed by atoms with Crippen LogP contribution in [0.3, 0.4) is 0 Å². The van der Waals surface area contributed by atoms with E-state index in [0.717, 1.165) is 12.1 Å². The molecule has 1 N–H and O–H groups in total. The predicted molar refractivity (Wildman–Crippen MR) is 126 cm³/mol. The maximum Gasteiger partial charge on any atom is 0.287 e. The van der Waals surface area contributed by atoms with Gasteiger partial charge in [-0.3, -0.25) is 9.69 Å². The van der Waals surface area contributed by atoms with Gasteiger partial charge in [0.1, 0.15) is 24.2 Å². The average molecular weight is 444 g/mol. The number of nitrogens with zero attached hydrogens (tertiary/aromatic N) is 2. The first-order chi connectivity index (χ1) is 16.1. The summed E-state index contributed by atoms with van der Waals surface area (Å²) in [5.41, 5.74) is 2.80. The first-order valence-corrected chi connectivity index (χ1v) is 11.4. The number of carbonyl (C=O) groups excluding carboxylic acids is 1. The summed E-state index contributed by atoms with van der Waals surface area (Å²) >= 11 is 0. The number of nitrogens with one attached hydrogen (secondary N) is 1. The summed E-state index contributed by atoms with van der Waals surface area (Å²) in [4.78, 5) is 15.0. The molecule has 0 radical (unpaired) electrons. The second kappa shape index (κ2) is 10.8.